The first-order valence-corrected chi connectivity index (χ1v) is 4.35. The van der Waals surface area contributed by atoms with E-state index in [4.69, 9.17) is 0 Å². The van der Waals surface area contributed by atoms with Crippen LogP contribution in [0.15, 0.2) is 6.20 Å². The number of rotatable bonds is 4. The quantitative estimate of drug-likeness (QED) is 0.314. The molecule has 0 saturated heterocycles. The zero-order chi connectivity index (χ0) is 10.7. The number of aliphatic hydroxyl groups is 2. The molecule has 14 heavy (non-hydrogen) atoms. The second kappa shape index (κ2) is 4.40. The first-order chi connectivity index (χ1) is 6.56. The van der Waals surface area contributed by atoms with E-state index in [-0.39, 0.29) is 17.4 Å². The third kappa shape index (κ3) is 2.22. The Morgan fingerprint density at radius 3 is 2.79 bits per heavy atom. The van der Waals surface area contributed by atoms with Gasteiger partial charge in [-0.3, -0.25) is 0 Å². The summed E-state index contributed by atoms with van der Waals surface area (Å²) >= 11 is 3.77. The van der Waals surface area contributed by atoms with Gasteiger partial charge in [-0.1, -0.05) is 0 Å². The molecule has 0 spiro atoms. The molecule has 1 aromatic rings. The van der Waals surface area contributed by atoms with Crippen LogP contribution in [0.2, 0.25) is 0 Å². The number of aromatic amines is 1. The maximum absolute atomic E-state index is 10.3. The molecular formula is C6H9N3O4S. The SMILES string of the molecule is O=[N+]([O-])c1cnc(C(O)C(O)CS)[nH]1. The van der Waals surface area contributed by atoms with Gasteiger partial charge in [0.2, 0.25) is 5.82 Å². The molecule has 0 saturated carbocycles. The van der Waals surface area contributed by atoms with Crippen molar-refractivity contribution in [2.24, 2.45) is 0 Å². The molecule has 2 unspecified atom stereocenters. The lowest BCUT2D eigenvalue weighted by atomic mass is 10.2. The van der Waals surface area contributed by atoms with Gasteiger partial charge in [-0.25, -0.2) is 9.97 Å². The van der Waals surface area contributed by atoms with E-state index >= 15 is 0 Å². The van der Waals surface area contributed by atoms with Crippen LogP contribution in [0.25, 0.3) is 0 Å². The van der Waals surface area contributed by atoms with Gasteiger partial charge in [0.25, 0.3) is 0 Å². The predicted molar refractivity (Wildman–Crippen MR) is 50.1 cm³/mol. The average molecular weight is 219 g/mol. The molecule has 0 radical (unpaired) electrons. The Kier molecular flexibility index (Phi) is 3.44. The highest BCUT2D eigenvalue weighted by Gasteiger charge is 2.24. The van der Waals surface area contributed by atoms with Crippen LogP contribution in [0, 0.1) is 10.1 Å². The fourth-order valence-electron chi connectivity index (χ4n) is 0.852. The monoisotopic (exact) mass is 219 g/mol. The molecule has 0 amide bonds. The van der Waals surface area contributed by atoms with Gasteiger partial charge in [-0.05, 0) is 4.92 Å². The van der Waals surface area contributed by atoms with E-state index in [1.165, 1.54) is 0 Å². The first kappa shape index (κ1) is 11.0. The van der Waals surface area contributed by atoms with Crippen molar-refractivity contribution >= 4 is 18.4 Å². The molecule has 0 fully saturated rings. The zero-order valence-corrected chi connectivity index (χ0v) is 7.89. The zero-order valence-electron chi connectivity index (χ0n) is 6.99. The van der Waals surface area contributed by atoms with Crippen molar-refractivity contribution in [3.8, 4) is 0 Å². The number of nitrogens with zero attached hydrogens (tertiary/aromatic N) is 2. The van der Waals surface area contributed by atoms with Crippen LogP contribution in [-0.4, -0.2) is 37.0 Å². The van der Waals surface area contributed by atoms with Crippen molar-refractivity contribution in [1.29, 1.82) is 0 Å². The standard InChI is InChI=1S/C6H9N3O4S/c10-3(2-14)5(11)6-7-1-4(8-6)9(12)13/h1,3,5,10-11,14H,2H2,(H,7,8). The molecule has 0 aliphatic heterocycles. The minimum absolute atomic E-state index is 0.0374. The van der Waals surface area contributed by atoms with Gasteiger partial charge in [0, 0.05) is 5.75 Å². The lowest BCUT2D eigenvalue weighted by molar-refractivity contribution is -0.389. The number of nitro groups is 1. The van der Waals surface area contributed by atoms with Gasteiger partial charge in [-0.2, -0.15) is 12.6 Å². The smallest absolute Gasteiger partial charge is 0.340 e. The molecule has 0 aliphatic rings. The van der Waals surface area contributed by atoms with Gasteiger partial charge in [-0.15, -0.1) is 0 Å². The summed E-state index contributed by atoms with van der Waals surface area (Å²) in [6, 6.07) is 0. The number of hydrogen-bond acceptors (Lipinski definition) is 6. The summed E-state index contributed by atoms with van der Waals surface area (Å²) in [5.41, 5.74) is 0. The van der Waals surface area contributed by atoms with Crippen molar-refractivity contribution in [1.82, 2.24) is 9.97 Å². The Labute approximate surface area is 84.4 Å². The average Bonchev–Trinajstić information content (AvgIpc) is 2.64. The predicted octanol–water partition coefficient (Wildman–Crippen LogP) is -0.358. The van der Waals surface area contributed by atoms with Gasteiger partial charge in [0.05, 0.1) is 6.10 Å². The molecular weight excluding hydrogens is 210 g/mol. The molecule has 1 heterocycles. The van der Waals surface area contributed by atoms with Crippen LogP contribution < -0.4 is 0 Å². The highest BCUT2D eigenvalue weighted by Crippen LogP contribution is 2.16. The van der Waals surface area contributed by atoms with Gasteiger partial charge in [0.15, 0.2) is 6.10 Å². The minimum atomic E-state index is -1.29. The number of hydrogen-bond donors (Lipinski definition) is 4. The first-order valence-electron chi connectivity index (χ1n) is 3.72. The fourth-order valence-corrected chi connectivity index (χ4v) is 1.05. The van der Waals surface area contributed by atoms with Crippen LogP contribution in [-0.2, 0) is 0 Å². The maximum atomic E-state index is 10.3. The van der Waals surface area contributed by atoms with E-state index in [0.29, 0.717) is 0 Å². The molecule has 0 aliphatic carbocycles. The molecule has 0 aromatic carbocycles. The topological polar surface area (TPSA) is 112 Å². The summed E-state index contributed by atoms with van der Waals surface area (Å²) in [6.45, 7) is 0. The molecule has 2 atom stereocenters. The number of imidazole rings is 1. The largest absolute Gasteiger partial charge is 0.389 e. The number of aliphatic hydroxyl groups excluding tert-OH is 2. The lowest BCUT2D eigenvalue weighted by Gasteiger charge is -2.10. The summed E-state index contributed by atoms with van der Waals surface area (Å²) < 4.78 is 0. The summed E-state index contributed by atoms with van der Waals surface area (Å²) in [5, 5.41) is 28.8. The van der Waals surface area contributed by atoms with Gasteiger partial charge < -0.3 is 20.3 Å². The number of aromatic nitrogens is 2. The van der Waals surface area contributed by atoms with Gasteiger partial charge in [0.1, 0.15) is 6.20 Å². The molecule has 3 N–H and O–H groups in total. The van der Waals surface area contributed by atoms with E-state index in [1.54, 1.807) is 0 Å². The van der Waals surface area contributed by atoms with Crippen molar-refractivity contribution < 1.29 is 15.1 Å². The van der Waals surface area contributed by atoms with Crippen LogP contribution >= 0.6 is 12.6 Å². The third-order valence-electron chi connectivity index (χ3n) is 1.61. The molecule has 7 nitrogen and oxygen atoms in total. The van der Waals surface area contributed by atoms with Crippen LogP contribution in [0.5, 0.6) is 0 Å². The van der Waals surface area contributed by atoms with E-state index < -0.39 is 17.1 Å². The van der Waals surface area contributed by atoms with Crippen molar-refractivity contribution in [3.63, 3.8) is 0 Å². The van der Waals surface area contributed by atoms with Gasteiger partial charge >= 0.3 is 5.82 Å². The Morgan fingerprint density at radius 1 is 1.71 bits per heavy atom. The molecule has 1 rings (SSSR count). The molecule has 0 bridgehead atoms. The van der Waals surface area contributed by atoms with Crippen LogP contribution in [0.4, 0.5) is 5.82 Å². The summed E-state index contributed by atoms with van der Waals surface area (Å²) in [6.07, 6.45) is -1.42. The number of nitrogens with one attached hydrogen (secondary N) is 1. The van der Waals surface area contributed by atoms with Crippen LogP contribution in [0.1, 0.15) is 11.9 Å². The van der Waals surface area contributed by atoms with E-state index in [0.717, 1.165) is 6.20 Å². The third-order valence-corrected chi connectivity index (χ3v) is 1.98. The lowest BCUT2D eigenvalue weighted by Crippen LogP contribution is -2.20. The highest BCUT2D eigenvalue weighted by molar-refractivity contribution is 7.80. The van der Waals surface area contributed by atoms with E-state index in [9.17, 15) is 20.3 Å². The summed E-state index contributed by atoms with van der Waals surface area (Å²) in [7, 11) is 0. The highest BCUT2D eigenvalue weighted by atomic mass is 32.1. The molecule has 1 aromatic heterocycles. The summed E-state index contributed by atoms with van der Waals surface area (Å²) in [5.74, 6) is -0.334. The Hall–Kier alpha value is -1.12. The second-order valence-corrected chi connectivity index (χ2v) is 2.97. The van der Waals surface area contributed by atoms with E-state index in [1.807, 2.05) is 0 Å². The Balaban J connectivity index is 2.81. The van der Waals surface area contributed by atoms with Crippen molar-refractivity contribution in [2.75, 3.05) is 5.75 Å². The Morgan fingerprint density at radius 2 is 2.36 bits per heavy atom. The fraction of sp³-hybridized carbons (Fsp3) is 0.500. The normalized spacial score (nSPS) is 15.1. The van der Waals surface area contributed by atoms with Crippen molar-refractivity contribution in [2.45, 2.75) is 12.2 Å². The number of thiol groups is 1. The van der Waals surface area contributed by atoms with Crippen LogP contribution in [0.3, 0.4) is 0 Å². The Bertz CT molecular complexity index is 329. The maximum Gasteiger partial charge on any atom is 0.340 e. The number of H-pyrrole nitrogens is 1. The molecule has 78 valence electrons. The van der Waals surface area contributed by atoms with Crippen molar-refractivity contribution in [3.05, 3.63) is 22.1 Å². The molecule has 8 heteroatoms. The minimum Gasteiger partial charge on any atom is -0.389 e. The second-order valence-electron chi connectivity index (χ2n) is 2.61. The summed E-state index contributed by atoms with van der Waals surface area (Å²) in [4.78, 5) is 15.4. The van der Waals surface area contributed by atoms with E-state index in [2.05, 4.69) is 22.6 Å².